The van der Waals surface area contributed by atoms with Gasteiger partial charge in [-0.3, -0.25) is 9.78 Å². The van der Waals surface area contributed by atoms with E-state index < -0.39 is 0 Å². The summed E-state index contributed by atoms with van der Waals surface area (Å²) in [6.07, 6.45) is 7.39. The summed E-state index contributed by atoms with van der Waals surface area (Å²) in [5.74, 6) is 0.838. The van der Waals surface area contributed by atoms with E-state index in [1.807, 2.05) is 42.5 Å². The Morgan fingerprint density at radius 1 is 0.966 bits per heavy atom. The summed E-state index contributed by atoms with van der Waals surface area (Å²) >= 11 is 0. The lowest BCUT2D eigenvalue weighted by Gasteiger charge is -2.22. The fourth-order valence-electron chi connectivity index (χ4n) is 4.00. The quantitative estimate of drug-likeness (QED) is 0.490. The third-order valence-electron chi connectivity index (χ3n) is 5.77. The van der Waals surface area contributed by atoms with Gasteiger partial charge in [0.05, 0.1) is 0 Å². The molecule has 3 aromatic rings. The molecule has 1 aromatic heterocycles. The number of ketones is 1. The smallest absolute Gasteiger partial charge is 0.167 e. The van der Waals surface area contributed by atoms with E-state index in [2.05, 4.69) is 22.4 Å². The van der Waals surface area contributed by atoms with Crippen LogP contribution in [-0.2, 0) is 12.8 Å². The SMILES string of the molecule is Nc1ccc(-c2ccncc2)cc1CC(=O)c1ccc(CC2CCNCC2)cc1. The molecule has 29 heavy (non-hydrogen) atoms. The molecule has 1 aliphatic rings. The molecule has 4 nitrogen and oxygen atoms in total. The number of Topliss-reactive ketones (excluding diaryl/α,β-unsaturated/α-hetero) is 1. The minimum atomic E-state index is 0.0944. The average molecular weight is 386 g/mol. The van der Waals surface area contributed by atoms with Crippen molar-refractivity contribution in [1.29, 1.82) is 0 Å². The number of aromatic nitrogens is 1. The standard InChI is InChI=1S/C25H27N3O/c26-24-6-5-22(20-9-13-28-14-10-20)16-23(24)17-25(29)21-3-1-18(2-4-21)15-19-7-11-27-12-8-19/h1-6,9-10,13-14,16,19,27H,7-8,11-12,15,17,26H2. The molecular formula is C25H27N3O. The van der Waals surface area contributed by atoms with Crippen molar-refractivity contribution in [2.75, 3.05) is 18.8 Å². The van der Waals surface area contributed by atoms with Gasteiger partial charge in [-0.1, -0.05) is 30.3 Å². The Hall–Kier alpha value is -2.98. The Kier molecular flexibility index (Phi) is 6.01. The van der Waals surface area contributed by atoms with E-state index in [1.165, 1.54) is 18.4 Å². The third kappa shape index (κ3) is 4.90. The number of carbonyl (C=O) groups excluding carboxylic acids is 1. The number of pyridine rings is 1. The molecule has 148 valence electrons. The summed E-state index contributed by atoms with van der Waals surface area (Å²) < 4.78 is 0. The molecule has 4 heteroatoms. The fourth-order valence-corrected chi connectivity index (χ4v) is 4.00. The molecule has 0 saturated carbocycles. The Labute approximate surface area is 172 Å². The van der Waals surface area contributed by atoms with E-state index >= 15 is 0 Å². The van der Waals surface area contributed by atoms with Gasteiger partial charge < -0.3 is 11.1 Å². The topological polar surface area (TPSA) is 68.0 Å². The Morgan fingerprint density at radius 2 is 1.69 bits per heavy atom. The lowest BCUT2D eigenvalue weighted by Crippen LogP contribution is -2.28. The van der Waals surface area contributed by atoms with E-state index in [-0.39, 0.29) is 5.78 Å². The number of nitrogens with two attached hydrogens (primary N) is 1. The first-order valence-electron chi connectivity index (χ1n) is 10.3. The van der Waals surface area contributed by atoms with Crippen LogP contribution in [0.1, 0.15) is 34.3 Å². The maximum Gasteiger partial charge on any atom is 0.167 e. The van der Waals surface area contributed by atoms with Crippen LogP contribution in [0.15, 0.2) is 67.0 Å². The first-order chi connectivity index (χ1) is 14.2. The molecule has 0 bridgehead atoms. The highest BCUT2D eigenvalue weighted by Crippen LogP contribution is 2.25. The van der Waals surface area contributed by atoms with Crippen LogP contribution in [0.3, 0.4) is 0 Å². The molecule has 0 amide bonds. The van der Waals surface area contributed by atoms with Gasteiger partial charge in [-0.05, 0) is 84.8 Å². The molecule has 0 spiro atoms. The summed E-state index contributed by atoms with van der Waals surface area (Å²) in [5, 5.41) is 3.41. The highest BCUT2D eigenvalue weighted by atomic mass is 16.1. The molecule has 1 fully saturated rings. The van der Waals surface area contributed by atoms with Gasteiger partial charge in [0.25, 0.3) is 0 Å². The van der Waals surface area contributed by atoms with Gasteiger partial charge in [0, 0.05) is 30.1 Å². The number of hydrogen-bond donors (Lipinski definition) is 2. The third-order valence-corrected chi connectivity index (χ3v) is 5.77. The summed E-state index contributed by atoms with van der Waals surface area (Å²) in [5.41, 5.74) is 11.8. The number of nitrogens with one attached hydrogen (secondary N) is 1. The molecule has 0 atom stereocenters. The number of carbonyl (C=O) groups is 1. The van der Waals surface area contributed by atoms with Crippen LogP contribution < -0.4 is 11.1 Å². The van der Waals surface area contributed by atoms with Crippen LogP contribution in [-0.4, -0.2) is 23.9 Å². The first-order valence-corrected chi connectivity index (χ1v) is 10.3. The van der Waals surface area contributed by atoms with E-state index in [9.17, 15) is 4.79 Å². The van der Waals surface area contributed by atoms with E-state index in [0.717, 1.165) is 47.7 Å². The maximum atomic E-state index is 12.8. The second-order valence-electron chi connectivity index (χ2n) is 7.84. The van der Waals surface area contributed by atoms with Crippen LogP contribution in [0.5, 0.6) is 0 Å². The molecule has 4 rings (SSSR count). The normalized spacial score (nSPS) is 14.6. The van der Waals surface area contributed by atoms with Crippen molar-refractivity contribution < 1.29 is 4.79 Å². The molecule has 0 radical (unpaired) electrons. The van der Waals surface area contributed by atoms with Crippen molar-refractivity contribution in [2.45, 2.75) is 25.7 Å². The van der Waals surface area contributed by atoms with Crippen molar-refractivity contribution >= 4 is 11.5 Å². The second kappa shape index (κ2) is 9.01. The Bertz CT molecular complexity index is 961. The lowest BCUT2D eigenvalue weighted by molar-refractivity contribution is 0.0993. The summed E-state index contributed by atoms with van der Waals surface area (Å²) in [7, 11) is 0. The van der Waals surface area contributed by atoms with E-state index in [4.69, 9.17) is 5.73 Å². The fraction of sp³-hybridized carbons (Fsp3) is 0.280. The summed E-state index contributed by atoms with van der Waals surface area (Å²) in [6, 6.07) is 17.9. The highest BCUT2D eigenvalue weighted by molar-refractivity contribution is 5.98. The van der Waals surface area contributed by atoms with Gasteiger partial charge in [0.15, 0.2) is 5.78 Å². The number of nitrogen functional groups attached to an aromatic ring is 1. The molecule has 1 saturated heterocycles. The first kappa shape index (κ1) is 19.3. The molecule has 0 unspecified atom stereocenters. The maximum absolute atomic E-state index is 12.8. The van der Waals surface area contributed by atoms with Gasteiger partial charge in [-0.15, -0.1) is 0 Å². The van der Waals surface area contributed by atoms with Crippen LogP contribution in [0.25, 0.3) is 11.1 Å². The monoisotopic (exact) mass is 385 g/mol. The van der Waals surface area contributed by atoms with Gasteiger partial charge in [0.1, 0.15) is 0 Å². The lowest BCUT2D eigenvalue weighted by atomic mass is 9.90. The van der Waals surface area contributed by atoms with Crippen LogP contribution in [0, 0.1) is 5.92 Å². The van der Waals surface area contributed by atoms with Gasteiger partial charge >= 0.3 is 0 Å². The minimum absolute atomic E-state index is 0.0944. The second-order valence-corrected chi connectivity index (χ2v) is 7.84. The van der Waals surface area contributed by atoms with Crippen molar-refractivity contribution in [1.82, 2.24) is 10.3 Å². The van der Waals surface area contributed by atoms with E-state index in [1.54, 1.807) is 12.4 Å². The van der Waals surface area contributed by atoms with Crippen molar-refractivity contribution in [2.24, 2.45) is 5.92 Å². The molecule has 1 aliphatic heterocycles. The van der Waals surface area contributed by atoms with Gasteiger partial charge in [-0.2, -0.15) is 0 Å². The van der Waals surface area contributed by atoms with Crippen LogP contribution in [0.2, 0.25) is 0 Å². The number of hydrogen-bond acceptors (Lipinski definition) is 4. The number of anilines is 1. The molecule has 2 aromatic carbocycles. The van der Waals surface area contributed by atoms with Gasteiger partial charge in [0.2, 0.25) is 0 Å². The number of benzene rings is 2. The Morgan fingerprint density at radius 3 is 2.41 bits per heavy atom. The van der Waals surface area contributed by atoms with Crippen molar-refractivity contribution in [3.63, 3.8) is 0 Å². The molecule has 0 aliphatic carbocycles. The number of rotatable bonds is 6. The summed E-state index contributed by atoms with van der Waals surface area (Å²) in [6.45, 7) is 2.22. The molecule has 3 N–H and O–H groups in total. The minimum Gasteiger partial charge on any atom is -0.398 e. The van der Waals surface area contributed by atoms with E-state index in [0.29, 0.717) is 12.1 Å². The largest absolute Gasteiger partial charge is 0.398 e. The predicted octanol–water partition coefficient (Wildman–Crippen LogP) is 4.30. The zero-order chi connectivity index (χ0) is 20.1. The van der Waals surface area contributed by atoms with Gasteiger partial charge in [-0.25, -0.2) is 0 Å². The highest BCUT2D eigenvalue weighted by Gasteiger charge is 2.15. The average Bonchev–Trinajstić information content (AvgIpc) is 2.77. The summed E-state index contributed by atoms with van der Waals surface area (Å²) in [4.78, 5) is 16.9. The zero-order valence-electron chi connectivity index (χ0n) is 16.6. The number of nitrogens with zero attached hydrogens (tertiary/aromatic N) is 1. The Balaban J connectivity index is 1.45. The van der Waals surface area contributed by atoms with Crippen molar-refractivity contribution in [3.05, 3.63) is 83.7 Å². The predicted molar refractivity (Wildman–Crippen MR) is 118 cm³/mol. The number of piperidine rings is 1. The molecule has 2 heterocycles. The zero-order valence-corrected chi connectivity index (χ0v) is 16.6. The van der Waals surface area contributed by atoms with Crippen LogP contribution in [0.4, 0.5) is 5.69 Å². The van der Waals surface area contributed by atoms with Crippen LogP contribution >= 0.6 is 0 Å². The molecular weight excluding hydrogens is 358 g/mol. The van der Waals surface area contributed by atoms with Crippen molar-refractivity contribution in [3.8, 4) is 11.1 Å².